The third kappa shape index (κ3) is 1.69. The average Bonchev–Trinajstić information content (AvgIpc) is 3.08. The molecule has 1 aromatic heterocycles. The van der Waals surface area contributed by atoms with Gasteiger partial charge in [0.25, 0.3) is 0 Å². The Morgan fingerprint density at radius 3 is 2.93 bits per heavy atom. The van der Waals surface area contributed by atoms with Crippen molar-refractivity contribution in [1.82, 2.24) is 4.98 Å². The van der Waals surface area contributed by atoms with Crippen molar-refractivity contribution in [2.75, 3.05) is 0 Å². The second-order valence-corrected chi connectivity index (χ2v) is 4.80. The molecule has 0 aliphatic heterocycles. The molecule has 0 aromatic carbocycles. The molecular weight excluding hydrogens is 176 g/mol. The molecule has 14 heavy (non-hydrogen) atoms. The molecule has 3 rings (SSSR count). The van der Waals surface area contributed by atoms with Crippen molar-refractivity contribution in [2.24, 2.45) is 5.73 Å². The van der Waals surface area contributed by atoms with E-state index in [-0.39, 0.29) is 5.54 Å². The van der Waals surface area contributed by atoms with Crippen LogP contribution in [-0.4, -0.2) is 10.5 Å². The Bertz CT molecular complexity index is 337. The van der Waals surface area contributed by atoms with Crippen LogP contribution in [0.1, 0.15) is 49.7 Å². The highest BCUT2D eigenvalue weighted by atomic mass is 16.4. The highest BCUT2D eigenvalue weighted by molar-refractivity contribution is 5.07. The van der Waals surface area contributed by atoms with Crippen molar-refractivity contribution < 1.29 is 4.42 Å². The molecule has 0 atom stereocenters. The Morgan fingerprint density at radius 1 is 1.50 bits per heavy atom. The number of aryl methyl sites for hydroxylation is 1. The maximum absolute atomic E-state index is 6.01. The largest absolute Gasteiger partial charge is 0.445 e. The van der Waals surface area contributed by atoms with E-state index >= 15 is 0 Å². The van der Waals surface area contributed by atoms with E-state index < -0.39 is 0 Å². The molecule has 0 radical (unpaired) electrons. The minimum absolute atomic E-state index is 0.131. The Hall–Kier alpha value is -0.830. The van der Waals surface area contributed by atoms with Crippen LogP contribution < -0.4 is 5.73 Å². The molecule has 0 unspecified atom stereocenters. The van der Waals surface area contributed by atoms with Crippen molar-refractivity contribution in [3.8, 4) is 0 Å². The Morgan fingerprint density at radius 2 is 2.29 bits per heavy atom. The second-order valence-electron chi connectivity index (χ2n) is 4.80. The quantitative estimate of drug-likeness (QED) is 0.793. The van der Waals surface area contributed by atoms with E-state index in [4.69, 9.17) is 10.2 Å². The maximum Gasteiger partial charge on any atom is 0.197 e. The number of hydrogen-bond acceptors (Lipinski definition) is 3. The Balaban J connectivity index is 1.59. The lowest BCUT2D eigenvalue weighted by molar-refractivity contribution is 0.440. The van der Waals surface area contributed by atoms with Gasteiger partial charge in [-0.1, -0.05) is 0 Å². The molecule has 2 aliphatic carbocycles. The van der Waals surface area contributed by atoms with Gasteiger partial charge in [0.1, 0.15) is 5.76 Å². The zero-order chi connectivity index (χ0) is 9.60. The van der Waals surface area contributed by atoms with E-state index in [1.165, 1.54) is 25.7 Å². The van der Waals surface area contributed by atoms with Gasteiger partial charge >= 0.3 is 0 Å². The zero-order valence-corrected chi connectivity index (χ0v) is 8.33. The Kier molecular flexibility index (Phi) is 1.71. The molecule has 0 bridgehead atoms. The van der Waals surface area contributed by atoms with Crippen molar-refractivity contribution in [2.45, 2.75) is 50.0 Å². The number of nitrogens with two attached hydrogens (primary N) is 1. The number of aromatic nitrogens is 1. The number of hydrogen-bond donors (Lipinski definition) is 1. The highest BCUT2D eigenvalue weighted by Gasteiger charge is 2.37. The van der Waals surface area contributed by atoms with E-state index in [2.05, 4.69) is 4.98 Å². The molecular formula is C11H16N2O. The van der Waals surface area contributed by atoms with E-state index in [1.807, 2.05) is 6.20 Å². The molecule has 1 aromatic rings. The van der Waals surface area contributed by atoms with Crippen molar-refractivity contribution in [3.05, 3.63) is 17.8 Å². The van der Waals surface area contributed by atoms with E-state index in [0.29, 0.717) is 5.92 Å². The van der Waals surface area contributed by atoms with Crippen LogP contribution in [0.3, 0.4) is 0 Å². The zero-order valence-electron chi connectivity index (χ0n) is 8.33. The van der Waals surface area contributed by atoms with Crippen LogP contribution in [0.25, 0.3) is 0 Å². The van der Waals surface area contributed by atoms with Gasteiger partial charge in [-0.05, 0) is 32.1 Å². The summed E-state index contributed by atoms with van der Waals surface area (Å²) in [6.45, 7) is 0. The van der Waals surface area contributed by atoms with Gasteiger partial charge in [-0.25, -0.2) is 4.98 Å². The van der Waals surface area contributed by atoms with Crippen LogP contribution in [0.4, 0.5) is 0 Å². The first-order valence-electron chi connectivity index (χ1n) is 5.49. The van der Waals surface area contributed by atoms with E-state index in [1.54, 1.807) is 0 Å². The highest BCUT2D eigenvalue weighted by Crippen LogP contribution is 2.40. The normalized spacial score (nSPS) is 23.8. The smallest absolute Gasteiger partial charge is 0.197 e. The predicted octanol–water partition coefficient (Wildman–Crippen LogP) is 1.98. The topological polar surface area (TPSA) is 52.0 Å². The summed E-state index contributed by atoms with van der Waals surface area (Å²) in [5.41, 5.74) is 6.14. The van der Waals surface area contributed by atoms with E-state index in [9.17, 15) is 0 Å². The SMILES string of the molecule is NC1(CCc2cnc(C3CC3)o2)CC1. The lowest BCUT2D eigenvalue weighted by Crippen LogP contribution is -2.21. The molecule has 1 heterocycles. The molecule has 2 N–H and O–H groups in total. The van der Waals surface area contributed by atoms with Crippen molar-refractivity contribution in [3.63, 3.8) is 0 Å². The van der Waals surface area contributed by atoms with Gasteiger partial charge < -0.3 is 10.2 Å². The molecule has 2 fully saturated rings. The number of oxazole rings is 1. The lowest BCUT2D eigenvalue weighted by Gasteiger charge is -2.04. The van der Waals surface area contributed by atoms with Gasteiger partial charge in [-0.3, -0.25) is 0 Å². The molecule has 3 nitrogen and oxygen atoms in total. The first-order chi connectivity index (χ1) is 6.75. The molecule has 0 amide bonds. The lowest BCUT2D eigenvalue weighted by atomic mass is 10.1. The Labute approximate surface area is 83.7 Å². The van der Waals surface area contributed by atoms with Crippen LogP contribution in [0.15, 0.2) is 10.6 Å². The summed E-state index contributed by atoms with van der Waals surface area (Å²) < 4.78 is 5.66. The van der Waals surface area contributed by atoms with Gasteiger partial charge in [-0.2, -0.15) is 0 Å². The fourth-order valence-corrected chi connectivity index (χ4v) is 1.74. The summed E-state index contributed by atoms with van der Waals surface area (Å²) >= 11 is 0. The van der Waals surface area contributed by atoms with Crippen LogP contribution in [0.2, 0.25) is 0 Å². The monoisotopic (exact) mass is 192 g/mol. The van der Waals surface area contributed by atoms with Crippen molar-refractivity contribution in [1.29, 1.82) is 0 Å². The third-order valence-corrected chi connectivity index (χ3v) is 3.26. The molecule has 0 saturated heterocycles. The van der Waals surface area contributed by atoms with Crippen LogP contribution in [-0.2, 0) is 6.42 Å². The summed E-state index contributed by atoms with van der Waals surface area (Å²) in [5, 5.41) is 0. The second kappa shape index (κ2) is 2.83. The first kappa shape index (κ1) is 8.48. The molecule has 2 aliphatic rings. The summed E-state index contributed by atoms with van der Waals surface area (Å²) in [6, 6.07) is 0. The van der Waals surface area contributed by atoms with Crippen LogP contribution in [0, 0.1) is 0 Å². The fourth-order valence-electron chi connectivity index (χ4n) is 1.74. The van der Waals surface area contributed by atoms with Crippen LogP contribution in [0.5, 0.6) is 0 Å². The maximum atomic E-state index is 6.01. The van der Waals surface area contributed by atoms with Crippen LogP contribution >= 0.6 is 0 Å². The first-order valence-corrected chi connectivity index (χ1v) is 5.49. The van der Waals surface area contributed by atoms with Gasteiger partial charge in [0.15, 0.2) is 5.89 Å². The van der Waals surface area contributed by atoms with Gasteiger partial charge in [-0.15, -0.1) is 0 Å². The average molecular weight is 192 g/mol. The van der Waals surface area contributed by atoms with E-state index in [0.717, 1.165) is 24.5 Å². The third-order valence-electron chi connectivity index (χ3n) is 3.26. The standard InChI is InChI=1S/C11H16N2O/c12-11(5-6-11)4-3-9-7-13-10(14-9)8-1-2-8/h7-8H,1-6,12H2. The van der Waals surface area contributed by atoms with Crippen molar-refractivity contribution >= 4 is 0 Å². The van der Waals surface area contributed by atoms with Gasteiger partial charge in [0.2, 0.25) is 0 Å². The van der Waals surface area contributed by atoms with Gasteiger partial charge in [0.05, 0.1) is 6.20 Å². The number of nitrogens with zero attached hydrogens (tertiary/aromatic N) is 1. The fraction of sp³-hybridized carbons (Fsp3) is 0.727. The summed E-state index contributed by atoms with van der Waals surface area (Å²) in [5.74, 6) is 2.59. The minimum Gasteiger partial charge on any atom is -0.445 e. The summed E-state index contributed by atoms with van der Waals surface area (Å²) in [7, 11) is 0. The molecule has 3 heteroatoms. The molecule has 76 valence electrons. The molecule has 2 saturated carbocycles. The minimum atomic E-state index is 0.131. The summed E-state index contributed by atoms with van der Waals surface area (Å²) in [4.78, 5) is 4.29. The molecule has 0 spiro atoms. The number of rotatable bonds is 4. The van der Waals surface area contributed by atoms with Gasteiger partial charge in [0, 0.05) is 17.9 Å². The summed E-state index contributed by atoms with van der Waals surface area (Å²) in [6.07, 6.45) is 8.73. The predicted molar refractivity (Wildman–Crippen MR) is 53.0 cm³/mol.